The first kappa shape index (κ1) is 12.1. The molecule has 1 aliphatic rings. The van der Waals surface area contributed by atoms with E-state index >= 15 is 0 Å². The predicted octanol–water partition coefficient (Wildman–Crippen LogP) is 2.03. The van der Waals surface area contributed by atoms with Gasteiger partial charge in [-0.1, -0.05) is 12.5 Å². The van der Waals surface area contributed by atoms with Crippen LogP contribution in [0.25, 0.3) is 0 Å². The fourth-order valence-electron chi connectivity index (χ4n) is 1.59. The molecule has 0 saturated carbocycles. The molecule has 1 aromatic heterocycles. The molecule has 15 heavy (non-hydrogen) atoms. The van der Waals surface area contributed by atoms with Crippen LogP contribution in [0, 0.1) is 0 Å². The molecule has 0 atom stereocenters. The van der Waals surface area contributed by atoms with Gasteiger partial charge in [-0.05, 0) is 25.0 Å². The molecule has 1 aliphatic heterocycles. The van der Waals surface area contributed by atoms with E-state index in [-0.39, 0.29) is 0 Å². The molecule has 2 rings (SSSR count). The first-order valence-corrected chi connectivity index (χ1v) is 5.58. The smallest absolute Gasteiger partial charge is 0.0267 e. The van der Waals surface area contributed by atoms with E-state index in [1.807, 2.05) is 18.2 Å². The minimum Gasteiger partial charge on any atom is -0.265 e. The Kier molecular flexibility index (Phi) is 5.97. The van der Waals surface area contributed by atoms with Gasteiger partial charge in [-0.15, -0.1) is 0 Å². The van der Waals surface area contributed by atoms with Crippen LogP contribution in [-0.2, 0) is 0 Å². The van der Waals surface area contributed by atoms with Crippen LogP contribution in [0.5, 0.6) is 0 Å². The van der Waals surface area contributed by atoms with Crippen molar-refractivity contribution in [1.29, 1.82) is 0 Å². The third-order valence-corrected chi connectivity index (χ3v) is 2.46. The summed E-state index contributed by atoms with van der Waals surface area (Å²) in [6.45, 7) is 2.51. The van der Waals surface area contributed by atoms with Gasteiger partial charge in [0.15, 0.2) is 0 Å². The van der Waals surface area contributed by atoms with Gasteiger partial charge in [0.1, 0.15) is 0 Å². The number of hydrogen-bond acceptors (Lipinski definition) is 3. The van der Waals surface area contributed by atoms with Crippen LogP contribution in [0.3, 0.4) is 0 Å². The Bertz CT molecular complexity index is 203. The highest BCUT2D eigenvalue weighted by Crippen LogP contribution is 2.08. The summed E-state index contributed by atoms with van der Waals surface area (Å²) < 4.78 is 0. The topological polar surface area (TPSA) is 19.4 Å². The molecule has 3 nitrogen and oxygen atoms in total. The predicted molar refractivity (Wildman–Crippen MR) is 63.3 cm³/mol. The maximum atomic E-state index is 3.78. The summed E-state index contributed by atoms with van der Waals surface area (Å²) in [5.41, 5.74) is 0. The van der Waals surface area contributed by atoms with Gasteiger partial charge in [0.25, 0.3) is 0 Å². The van der Waals surface area contributed by atoms with Crippen molar-refractivity contribution in [1.82, 2.24) is 15.0 Å². The summed E-state index contributed by atoms with van der Waals surface area (Å²) in [5.74, 6) is 0. The first-order valence-electron chi connectivity index (χ1n) is 5.58. The number of hydrazine groups is 1. The van der Waals surface area contributed by atoms with Crippen LogP contribution in [0.4, 0.5) is 0 Å². The summed E-state index contributed by atoms with van der Waals surface area (Å²) in [6.07, 6.45) is 7.67. The summed E-state index contributed by atoms with van der Waals surface area (Å²) in [5, 5.41) is 4.59. The second kappa shape index (κ2) is 7.37. The van der Waals surface area contributed by atoms with Crippen molar-refractivity contribution >= 4 is 0 Å². The van der Waals surface area contributed by atoms with Gasteiger partial charge in [0.2, 0.25) is 0 Å². The average molecular weight is 207 g/mol. The van der Waals surface area contributed by atoms with Gasteiger partial charge in [0.05, 0.1) is 0 Å². The van der Waals surface area contributed by atoms with Crippen molar-refractivity contribution in [2.24, 2.45) is 0 Å². The van der Waals surface area contributed by atoms with Gasteiger partial charge in [-0.25, -0.2) is 10.0 Å². The standard InChI is InChI=1S/C7H16N2.C5H5N/c1-8(2)9-6-4-3-5-7-9;1-2-4-6-5-3-1/h3-7H2,1-2H3;1-5H. The highest BCUT2D eigenvalue weighted by atomic mass is 15.6. The second-order valence-corrected chi connectivity index (χ2v) is 3.89. The zero-order valence-corrected chi connectivity index (χ0v) is 9.76. The fourth-order valence-corrected chi connectivity index (χ4v) is 1.59. The maximum Gasteiger partial charge on any atom is 0.0267 e. The van der Waals surface area contributed by atoms with E-state index in [0.29, 0.717) is 0 Å². The average Bonchev–Trinajstić information content (AvgIpc) is 2.33. The van der Waals surface area contributed by atoms with E-state index in [1.54, 1.807) is 12.4 Å². The summed E-state index contributed by atoms with van der Waals surface area (Å²) in [6, 6.07) is 5.72. The third kappa shape index (κ3) is 5.50. The number of pyridine rings is 1. The lowest BCUT2D eigenvalue weighted by Crippen LogP contribution is -2.40. The zero-order chi connectivity index (χ0) is 10.9. The normalized spacial score (nSPS) is 17.0. The van der Waals surface area contributed by atoms with Gasteiger partial charge >= 0.3 is 0 Å². The quantitative estimate of drug-likeness (QED) is 0.702. The number of nitrogens with zero attached hydrogens (tertiary/aromatic N) is 3. The molecule has 0 unspecified atom stereocenters. The lowest BCUT2D eigenvalue weighted by molar-refractivity contribution is 0.00746. The lowest BCUT2D eigenvalue weighted by atomic mass is 10.2. The van der Waals surface area contributed by atoms with Crippen LogP contribution >= 0.6 is 0 Å². The van der Waals surface area contributed by atoms with Crippen LogP contribution < -0.4 is 0 Å². The van der Waals surface area contributed by atoms with Crippen LogP contribution in [0.1, 0.15) is 19.3 Å². The van der Waals surface area contributed by atoms with E-state index in [0.717, 1.165) is 0 Å². The SMILES string of the molecule is CN(C)N1CCCCC1.c1ccncc1. The van der Waals surface area contributed by atoms with E-state index in [1.165, 1.54) is 32.4 Å². The first-order chi connectivity index (χ1) is 7.30. The lowest BCUT2D eigenvalue weighted by Gasteiger charge is -2.31. The third-order valence-electron chi connectivity index (χ3n) is 2.46. The van der Waals surface area contributed by atoms with Crippen molar-refractivity contribution in [2.45, 2.75) is 19.3 Å². The highest BCUT2D eigenvalue weighted by Gasteiger charge is 2.10. The molecule has 0 amide bonds. The van der Waals surface area contributed by atoms with E-state index in [9.17, 15) is 0 Å². The van der Waals surface area contributed by atoms with E-state index in [4.69, 9.17) is 0 Å². The van der Waals surface area contributed by atoms with Gasteiger partial charge < -0.3 is 0 Å². The Labute approximate surface area is 92.7 Å². The van der Waals surface area contributed by atoms with Gasteiger partial charge in [-0.2, -0.15) is 0 Å². The van der Waals surface area contributed by atoms with Gasteiger partial charge in [-0.3, -0.25) is 4.98 Å². The molecule has 3 heteroatoms. The number of rotatable bonds is 1. The second-order valence-electron chi connectivity index (χ2n) is 3.89. The molecule has 0 N–H and O–H groups in total. The van der Waals surface area contributed by atoms with Gasteiger partial charge in [0, 0.05) is 39.6 Å². The zero-order valence-electron chi connectivity index (χ0n) is 9.76. The van der Waals surface area contributed by atoms with Crippen molar-refractivity contribution in [2.75, 3.05) is 27.2 Å². The van der Waals surface area contributed by atoms with Crippen LogP contribution in [-0.4, -0.2) is 42.2 Å². The number of piperidine rings is 1. The van der Waals surface area contributed by atoms with Crippen LogP contribution in [0.2, 0.25) is 0 Å². The highest BCUT2D eigenvalue weighted by molar-refractivity contribution is 4.88. The van der Waals surface area contributed by atoms with Crippen LogP contribution in [0.15, 0.2) is 30.6 Å². The molecule has 0 aliphatic carbocycles. The van der Waals surface area contributed by atoms with Crippen molar-refractivity contribution in [3.05, 3.63) is 30.6 Å². The number of hydrogen-bond donors (Lipinski definition) is 0. The Balaban J connectivity index is 0.000000162. The molecular formula is C12H21N3. The summed E-state index contributed by atoms with van der Waals surface area (Å²) in [4.78, 5) is 3.78. The minimum absolute atomic E-state index is 1.26. The Morgan fingerprint density at radius 3 is 1.80 bits per heavy atom. The Hall–Kier alpha value is -0.930. The minimum atomic E-state index is 1.26. The van der Waals surface area contributed by atoms with E-state index in [2.05, 4.69) is 29.1 Å². The molecular weight excluding hydrogens is 186 g/mol. The molecule has 0 bridgehead atoms. The molecule has 1 aromatic rings. The molecule has 2 heterocycles. The van der Waals surface area contributed by atoms with Crippen molar-refractivity contribution in [3.8, 4) is 0 Å². The number of aromatic nitrogens is 1. The van der Waals surface area contributed by atoms with Crippen molar-refractivity contribution < 1.29 is 0 Å². The monoisotopic (exact) mass is 207 g/mol. The molecule has 1 saturated heterocycles. The molecule has 0 radical (unpaired) electrons. The Morgan fingerprint density at radius 1 is 0.933 bits per heavy atom. The Morgan fingerprint density at radius 2 is 1.53 bits per heavy atom. The molecule has 0 spiro atoms. The van der Waals surface area contributed by atoms with E-state index < -0.39 is 0 Å². The molecule has 1 fully saturated rings. The molecule has 84 valence electrons. The largest absolute Gasteiger partial charge is 0.265 e. The maximum absolute atomic E-state index is 3.78. The summed E-state index contributed by atoms with van der Waals surface area (Å²) >= 11 is 0. The molecule has 0 aromatic carbocycles. The van der Waals surface area contributed by atoms with Crippen molar-refractivity contribution in [3.63, 3.8) is 0 Å². The fraction of sp³-hybridized carbons (Fsp3) is 0.583. The summed E-state index contributed by atoms with van der Waals surface area (Å²) in [7, 11) is 4.23.